The highest BCUT2D eigenvalue weighted by Crippen LogP contribution is 2.27. The Morgan fingerprint density at radius 2 is 1.95 bits per heavy atom. The molecular weight excluding hydrogens is 283 g/mol. The van der Waals surface area contributed by atoms with E-state index in [2.05, 4.69) is 0 Å². The Bertz CT molecular complexity index is 804. The van der Waals surface area contributed by atoms with Gasteiger partial charge in [-0.05, 0) is 38.8 Å². The van der Waals surface area contributed by atoms with E-state index in [1.807, 2.05) is 16.4 Å². The first-order valence-corrected chi connectivity index (χ1v) is 7.65. The first-order chi connectivity index (χ1) is 10.5. The third kappa shape index (κ3) is 2.30. The van der Waals surface area contributed by atoms with E-state index in [4.69, 9.17) is 0 Å². The van der Waals surface area contributed by atoms with Crippen LogP contribution in [0.4, 0.5) is 10.1 Å². The molecule has 1 aliphatic rings. The summed E-state index contributed by atoms with van der Waals surface area (Å²) in [5.41, 5.74) is 0.949. The molecule has 116 valence electrons. The molecule has 4 nitrogen and oxygen atoms in total. The third-order valence-corrected chi connectivity index (χ3v) is 4.32. The van der Waals surface area contributed by atoms with Crippen molar-refractivity contribution in [1.82, 2.24) is 4.57 Å². The SMILES string of the molecule is CCn1cc(C(C)=O)c(=O)c2cc(F)c(N3CCCC3)cc21. The van der Waals surface area contributed by atoms with E-state index in [0.29, 0.717) is 17.7 Å². The summed E-state index contributed by atoms with van der Waals surface area (Å²) in [6.07, 6.45) is 3.70. The molecule has 22 heavy (non-hydrogen) atoms. The smallest absolute Gasteiger partial charge is 0.200 e. The Balaban J connectivity index is 2.30. The quantitative estimate of drug-likeness (QED) is 0.819. The Kier molecular flexibility index (Phi) is 3.72. The average Bonchev–Trinajstić information content (AvgIpc) is 3.01. The van der Waals surface area contributed by atoms with Crippen molar-refractivity contribution >= 4 is 22.4 Å². The highest BCUT2D eigenvalue weighted by Gasteiger charge is 2.20. The maximum atomic E-state index is 14.4. The van der Waals surface area contributed by atoms with E-state index in [1.165, 1.54) is 13.0 Å². The maximum Gasteiger partial charge on any atom is 0.200 e. The van der Waals surface area contributed by atoms with Gasteiger partial charge in [0.05, 0.1) is 16.8 Å². The van der Waals surface area contributed by atoms with Crippen molar-refractivity contribution in [3.8, 4) is 0 Å². The van der Waals surface area contributed by atoms with Gasteiger partial charge in [0.1, 0.15) is 5.82 Å². The fraction of sp³-hybridized carbons (Fsp3) is 0.412. The van der Waals surface area contributed by atoms with Gasteiger partial charge < -0.3 is 9.47 Å². The van der Waals surface area contributed by atoms with Crippen molar-refractivity contribution in [3.63, 3.8) is 0 Å². The number of Topliss-reactive ketones (excluding diaryl/α,β-unsaturated/α-hetero) is 1. The van der Waals surface area contributed by atoms with Crippen LogP contribution in [-0.2, 0) is 6.54 Å². The largest absolute Gasteiger partial charge is 0.369 e. The zero-order valence-corrected chi connectivity index (χ0v) is 12.9. The van der Waals surface area contributed by atoms with Gasteiger partial charge in [-0.1, -0.05) is 0 Å². The summed E-state index contributed by atoms with van der Waals surface area (Å²) < 4.78 is 16.3. The van der Waals surface area contributed by atoms with Crippen LogP contribution in [-0.4, -0.2) is 23.4 Å². The summed E-state index contributed by atoms with van der Waals surface area (Å²) >= 11 is 0. The van der Waals surface area contributed by atoms with Gasteiger partial charge in [0.15, 0.2) is 11.2 Å². The number of hydrogen-bond donors (Lipinski definition) is 0. The molecule has 1 aliphatic heterocycles. The van der Waals surface area contributed by atoms with E-state index < -0.39 is 5.82 Å². The van der Waals surface area contributed by atoms with Crippen molar-refractivity contribution in [3.05, 3.63) is 39.9 Å². The van der Waals surface area contributed by atoms with Crippen LogP contribution in [0.5, 0.6) is 0 Å². The Hall–Kier alpha value is -2.17. The van der Waals surface area contributed by atoms with Crippen molar-refractivity contribution in [1.29, 1.82) is 0 Å². The summed E-state index contributed by atoms with van der Waals surface area (Å²) in [4.78, 5) is 26.0. The molecule has 0 unspecified atom stereocenters. The molecule has 2 heterocycles. The van der Waals surface area contributed by atoms with Gasteiger partial charge in [-0.3, -0.25) is 9.59 Å². The first kappa shape index (κ1) is 14.8. The van der Waals surface area contributed by atoms with Crippen LogP contribution in [0, 0.1) is 5.82 Å². The Morgan fingerprint density at radius 1 is 1.27 bits per heavy atom. The molecule has 1 aromatic heterocycles. The highest BCUT2D eigenvalue weighted by molar-refractivity contribution is 5.97. The molecule has 0 amide bonds. The van der Waals surface area contributed by atoms with Crippen molar-refractivity contribution in [2.45, 2.75) is 33.2 Å². The minimum Gasteiger partial charge on any atom is -0.369 e. The Labute approximate surface area is 128 Å². The van der Waals surface area contributed by atoms with Gasteiger partial charge in [-0.25, -0.2) is 4.39 Å². The van der Waals surface area contributed by atoms with Gasteiger partial charge in [-0.2, -0.15) is 0 Å². The lowest BCUT2D eigenvalue weighted by molar-refractivity contribution is 0.101. The van der Waals surface area contributed by atoms with E-state index in [1.54, 1.807) is 12.3 Å². The molecule has 2 aromatic rings. The predicted octanol–water partition coefficient (Wildman–Crippen LogP) is 2.96. The number of carbonyl (C=O) groups excluding carboxylic acids is 1. The maximum absolute atomic E-state index is 14.4. The molecule has 0 atom stereocenters. The minimum atomic E-state index is -0.394. The van der Waals surface area contributed by atoms with Gasteiger partial charge in [0.2, 0.25) is 0 Å². The second kappa shape index (κ2) is 5.55. The number of pyridine rings is 1. The van der Waals surface area contributed by atoms with E-state index in [9.17, 15) is 14.0 Å². The second-order valence-corrected chi connectivity index (χ2v) is 5.73. The molecule has 5 heteroatoms. The third-order valence-electron chi connectivity index (χ3n) is 4.32. The van der Waals surface area contributed by atoms with Crippen LogP contribution in [0.15, 0.2) is 23.1 Å². The van der Waals surface area contributed by atoms with Crippen LogP contribution < -0.4 is 10.3 Å². The molecule has 0 aliphatic carbocycles. The second-order valence-electron chi connectivity index (χ2n) is 5.73. The number of nitrogens with zero attached hydrogens (tertiary/aromatic N) is 2. The normalized spacial score (nSPS) is 14.8. The van der Waals surface area contributed by atoms with E-state index in [-0.39, 0.29) is 22.2 Å². The molecule has 0 bridgehead atoms. The van der Waals surface area contributed by atoms with Crippen molar-refractivity contribution in [2.75, 3.05) is 18.0 Å². The number of hydrogen-bond acceptors (Lipinski definition) is 3. The molecular formula is C17H19FN2O2. The summed E-state index contributed by atoms with van der Waals surface area (Å²) in [5, 5.41) is 0.273. The molecule has 0 spiro atoms. The fourth-order valence-electron chi connectivity index (χ4n) is 3.11. The number of aromatic nitrogens is 1. The standard InChI is InChI=1S/C17H19FN2O2/c1-3-19-10-13(11(2)21)17(22)12-8-14(18)16(9-15(12)19)20-6-4-5-7-20/h8-10H,3-7H2,1-2H3. The number of ketones is 1. The molecule has 0 radical (unpaired) electrons. The van der Waals surface area contributed by atoms with Crippen LogP contribution in [0.3, 0.4) is 0 Å². The molecule has 0 N–H and O–H groups in total. The zero-order valence-electron chi connectivity index (χ0n) is 12.9. The van der Waals surface area contributed by atoms with Crippen molar-refractivity contribution < 1.29 is 9.18 Å². The average molecular weight is 302 g/mol. The summed E-state index contributed by atoms with van der Waals surface area (Å²) in [6, 6.07) is 3.02. The number of benzene rings is 1. The predicted molar refractivity (Wildman–Crippen MR) is 85.3 cm³/mol. The lowest BCUT2D eigenvalue weighted by Crippen LogP contribution is -2.21. The summed E-state index contributed by atoms with van der Waals surface area (Å²) in [6.45, 7) is 5.58. The molecule has 3 rings (SSSR count). The fourth-order valence-corrected chi connectivity index (χ4v) is 3.11. The highest BCUT2D eigenvalue weighted by atomic mass is 19.1. The van der Waals surface area contributed by atoms with Gasteiger partial charge >= 0.3 is 0 Å². The van der Waals surface area contributed by atoms with E-state index in [0.717, 1.165) is 25.9 Å². The summed E-state index contributed by atoms with van der Waals surface area (Å²) in [7, 11) is 0. The lowest BCUT2D eigenvalue weighted by atomic mass is 10.1. The number of fused-ring (bicyclic) bond motifs is 1. The van der Waals surface area contributed by atoms with Gasteiger partial charge in [-0.15, -0.1) is 0 Å². The van der Waals surface area contributed by atoms with Crippen LogP contribution in [0.2, 0.25) is 0 Å². The number of carbonyl (C=O) groups is 1. The molecule has 1 aromatic carbocycles. The molecule has 1 saturated heterocycles. The van der Waals surface area contributed by atoms with Crippen LogP contribution in [0.25, 0.3) is 10.9 Å². The zero-order chi connectivity index (χ0) is 15.9. The first-order valence-electron chi connectivity index (χ1n) is 7.65. The van der Waals surface area contributed by atoms with E-state index >= 15 is 0 Å². The topological polar surface area (TPSA) is 42.3 Å². The van der Waals surface area contributed by atoms with Gasteiger partial charge in [0, 0.05) is 31.2 Å². The Morgan fingerprint density at radius 3 is 2.55 bits per heavy atom. The van der Waals surface area contributed by atoms with Gasteiger partial charge in [0.25, 0.3) is 0 Å². The van der Waals surface area contributed by atoms with Crippen molar-refractivity contribution in [2.24, 2.45) is 0 Å². The minimum absolute atomic E-state index is 0.114. The van der Waals surface area contributed by atoms with Crippen LogP contribution in [0.1, 0.15) is 37.0 Å². The summed E-state index contributed by atoms with van der Waals surface area (Å²) in [5.74, 6) is -0.687. The number of rotatable bonds is 3. The number of halogens is 1. The molecule has 1 fully saturated rings. The number of aryl methyl sites for hydroxylation is 1. The molecule has 0 saturated carbocycles. The lowest BCUT2D eigenvalue weighted by Gasteiger charge is -2.20. The monoisotopic (exact) mass is 302 g/mol. The van der Waals surface area contributed by atoms with Crippen LogP contribution >= 0.6 is 0 Å². The number of anilines is 1.